The molecule has 1 aromatic carbocycles. The zero-order valence-corrected chi connectivity index (χ0v) is 15.6. The van der Waals surface area contributed by atoms with Gasteiger partial charge in [0.05, 0.1) is 17.9 Å². The maximum absolute atomic E-state index is 13.0. The second-order valence-corrected chi connectivity index (χ2v) is 6.80. The summed E-state index contributed by atoms with van der Waals surface area (Å²) in [5.74, 6) is -1.80. The van der Waals surface area contributed by atoms with Crippen molar-refractivity contribution in [1.82, 2.24) is 4.98 Å². The fourth-order valence-corrected chi connectivity index (χ4v) is 3.60. The predicted molar refractivity (Wildman–Crippen MR) is 103 cm³/mol. The first-order valence-corrected chi connectivity index (χ1v) is 8.88. The van der Waals surface area contributed by atoms with Crippen LogP contribution in [0.3, 0.4) is 0 Å². The first kappa shape index (κ1) is 18.0. The number of ketones is 1. The van der Waals surface area contributed by atoms with Crippen LogP contribution in [0, 0.1) is 6.92 Å². The molecular formula is C21H15ClN2O4. The van der Waals surface area contributed by atoms with E-state index in [4.69, 9.17) is 16.0 Å². The van der Waals surface area contributed by atoms with Crippen molar-refractivity contribution in [2.24, 2.45) is 0 Å². The van der Waals surface area contributed by atoms with Gasteiger partial charge in [-0.25, -0.2) is 0 Å². The van der Waals surface area contributed by atoms with Crippen LogP contribution in [0.4, 0.5) is 5.69 Å². The molecule has 3 heterocycles. The van der Waals surface area contributed by atoms with Gasteiger partial charge in [0.15, 0.2) is 11.5 Å². The third-order valence-corrected chi connectivity index (χ3v) is 4.85. The Kier molecular flexibility index (Phi) is 4.49. The summed E-state index contributed by atoms with van der Waals surface area (Å²) < 4.78 is 5.20. The lowest BCUT2D eigenvalue weighted by Gasteiger charge is -2.27. The quantitative estimate of drug-likeness (QED) is 0.662. The van der Waals surface area contributed by atoms with Gasteiger partial charge in [-0.1, -0.05) is 17.7 Å². The van der Waals surface area contributed by atoms with E-state index in [1.54, 1.807) is 55.7 Å². The van der Waals surface area contributed by atoms with E-state index in [1.807, 2.05) is 0 Å². The molecule has 0 spiro atoms. The number of halogens is 1. The van der Waals surface area contributed by atoms with E-state index in [0.29, 0.717) is 16.3 Å². The van der Waals surface area contributed by atoms with E-state index in [2.05, 4.69) is 4.98 Å². The van der Waals surface area contributed by atoms with Crippen molar-refractivity contribution in [2.75, 3.05) is 4.90 Å². The minimum Gasteiger partial charge on any atom is -0.503 e. The summed E-state index contributed by atoms with van der Waals surface area (Å²) >= 11 is 6.05. The molecule has 0 saturated heterocycles. The van der Waals surface area contributed by atoms with Crippen molar-refractivity contribution in [1.29, 1.82) is 0 Å². The number of carbonyl (C=O) groups excluding carboxylic acids is 2. The molecule has 2 aromatic heterocycles. The Hall–Kier alpha value is -3.38. The van der Waals surface area contributed by atoms with Gasteiger partial charge < -0.3 is 9.52 Å². The fourth-order valence-electron chi connectivity index (χ4n) is 3.37. The van der Waals surface area contributed by atoms with Gasteiger partial charge in [0.1, 0.15) is 0 Å². The summed E-state index contributed by atoms with van der Waals surface area (Å²) in [6.07, 6.45) is 4.52. The lowest BCUT2D eigenvalue weighted by atomic mass is 9.95. The Balaban J connectivity index is 1.90. The van der Waals surface area contributed by atoms with Crippen molar-refractivity contribution in [2.45, 2.75) is 13.0 Å². The van der Waals surface area contributed by atoms with Crippen LogP contribution >= 0.6 is 11.6 Å². The Morgan fingerprint density at radius 3 is 2.71 bits per heavy atom. The van der Waals surface area contributed by atoms with Crippen LogP contribution in [0.15, 0.2) is 76.9 Å². The van der Waals surface area contributed by atoms with Gasteiger partial charge in [0.25, 0.3) is 5.91 Å². The Bertz CT molecular complexity index is 1090. The third kappa shape index (κ3) is 2.88. The number of furan rings is 1. The van der Waals surface area contributed by atoms with Gasteiger partial charge in [-0.15, -0.1) is 0 Å². The summed E-state index contributed by atoms with van der Waals surface area (Å²) in [6, 6.07) is 10.7. The largest absolute Gasteiger partial charge is 0.503 e. The van der Waals surface area contributed by atoms with Crippen LogP contribution in [0.1, 0.15) is 27.7 Å². The lowest BCUT2D eigenvalue weighted by Crippen LogP contribution is -2.31. The van der Waals surface area contributed by atoms with E-state index in [1.165, 1.54) is 17.2 Å². The SMILES string of the molecule is Cc1cc(Cl)ccc1N1C(=O)C(O)=C(C(=O)c2ccco2)C1c1cccnc1. The molecule has 1 aliphatic rings. The molecule has 0 fully saturated rings. The molecule has 0 bridgehead atoms. The molecule has 140 valence electrons. The summed E-state index contributed by atoms with van der Waals surface area (Å²) in [5, 5.41) is 11.1. The highest BCUT2D eigenvalue weighted by Crippen LogP contribution is 2.43. The van der Waals surface area contributed by atoms with Crippen molar-refractivity contribution < 1.29 is 19.1 Å². The van der Waals surface area contributed by atoms with E-state index < -0.39 is 23.5 Å². The highest BCUT2D eigenvalue weighted by molar-refractivity contribution is 6.30. The maximum Gasteiger partial charge on any atom is 0.294 e. The van der Waals surface area contributed by atoms with Gasteiger partial charge in [-0.05, 0) is 54.4 Å². The number of benzene rings is 1. The monoisotopic (exact) mass is 394 g/mol. The number of rotatable bonds is 4. The number of aliphatic hydroxyl groups is 1. The summed E-state index contributed by atoms with van der Waals surface area (Å²) in [7, 11) is 0. The number of Topliss-reactive ketones (excluding diaryl/α,β-unsaturated/α-hetero) is 1. The molecule has 7 heteroatoms. The van der Waals surface area contributed by atoms with Crippen molar-refractivity contribution >= 4 is 29.0 Å². The molecule has 0 aliphatic carbocycles. The van der Waals surface area contributed by atoms with Gasteiger partial charge in [-0.2, -0.15) is 0 Å². The molecule has 1 amide bonds. The number of hydrogen-bond donors (Lipinski definition) is 1. The number of aliphatic hydroxyl groups excluding tert-OH is 1. The molecular weight excluding hydrogens is 380 g/mol. The van der Waals surface area contributed by atoms with E-state index >= 15 is 0 Å². The van der Waals surface area contributed by atoms with Crippen LogP contribution in [0.25, 0.3) is 0 Å². The zero-order valence-electron chi connectivity index (χ0n) is 14.8. The molecule has 3 aromatic rings. The first-order chi connectivity index (χ1) is 13.5. The number of pyridine rings is 1. The standard InChI is InChI=1S/C21H15ClN2O4/c1-12-10-14(22)6-7-15(12)24-18(13-4-2-8-23-11-13)17(20(26)21(24)27)19(25)16-5-3-9-28-16/h2-11,18,26H,1H3. The Morgan fingerprint density at radius 1 is 1.25 bits per heavy atom. The summed E-state index contributed by atoms with van der Waals surface area (Å²) in [5.41, 5.74) is 1.80. The molecule has 1 aliphatic heterocycles. The minimum absolute atomic E-state index is 0.0397. The van der Waals surface area contributed by atoms with Crippen LogP contribution in [0.5, 0.6) is 0 Å². The Morgan fingerprint density at radius 2 is 2.07 bits per heavy atom. The van der Waals surface area contributed by atoms with Gasteiger partial charge in [0.2, 0.25) is 5.78 Å². The molecule has 4 rings (SSSR count). The highest BCUT2D eigenvalue weighted by atomic mass is 35.5. The lowest BCUT2D eigenvalue weighted by molar-refractivity contribution is -0.117. The number of anilines is 1. The third-order valence-electron chi connectivity index (χ3n) is 4.62. The van der Waals surface area contributed by atoms with Crippen molar-refractivity contribution in [3.8, 4) is 0 Å². The molecule has 28 heavy (non-hydrogen) atoms. The number of aryl methyl sites for hydroxylation is 1. The summed E-state index contributed by atoms with van der Waals surface area (Å²) in [4.78, 5) is 31.5. The molecule has 6 nitrogen and oxygen atoms in total. The molecule has 0 radical (unpaired) electrons. The smallest absolute Gasteiger partial charge is 0.294 e. The van der Waals surface area contributed by atoms with Gasteiger partial charge in [0, 0.05) is 23.1 Å². The predicted octanol–water partition coefficient (Wildman–Crippen LogP) is 4.42. The molecule has 1 atom stereocenters. The van der Waals surface area contributed by atoms with E-state index in [0.717, 1.165) is 5.56 Å². The molecule has 1 N–H and O–H groups in total. The molecule has 1 unspecified atom stereocenters. The second kappa shape index (κ2) is 6.98. The van der Waals surface area contributed by atoms with Crippen LogP contribution < -0.4 is 4.90 Å². The second-order valence-electron chi connectivity index (χ2n) is 6.36. The maximum atomic E-state index is 13.0. The Labute approximate surface area is 165 Å². The first-order valence-electron chi connectivity index (χ1n) is 8.50. The van der Waals surface area contributed by atoms with Crippen molar-refractivity contribution in [3.05, 3.63) is 94.4 Å². The topological polar surface area (TPSA) is 83.6 Å². The number of nitrogens with zero attached hydrogens (tertiary/aromatic N) is 2. The van der Waals surface area contributed by atoms with Crippen LogP contribution in [-0.4, -0.2) is 21.8 Å². The van der Waals surface area contributed by atoms with Gasteiger partial charge in [-0.3, -0.25) is 19.5 Å². The van der Waals surface area contributed by atoms with E-state index in [9.17, 15) is 14.7 Å². The average molecular weight is 395 g/mol. The van der Waals surface area contributed by atoms with Crippen LogP contribution in [-0.2, 0) is 4.79 Å². The highest BCUT2D eigenvalue weighted by Gasteiger charge is 2.45. The normalized spacial score (nSPS) is 16.7. The molecule has 0 saturated carbocycles. The number of amides is 1. The minimum atomic E-state index is -0.848. The number of aromatic nitrogens is 1. The van der Waals surface area contributed by atoms with Crippen molar-refractivity contribution in [3.63, 3.8) is 0 Å². The van der Waals surface area contributed by atoms with Gasteiger partial charge >= 0.3 is 0 Å². The number of carbonyl (C=O) groups is 2. The summed E-state index contributed by atoms with van der Waals surface area (Å²) in [6.45, 7) is 1.80. The fraction of sp³-hybridized carbons (Fsp3) is 0.0952. The zero-order chi connectivity index (χ0) is 19.8. The number of hydrogen-bond acceptors (Lipinski definition) is 5. The average Bonchev–Trinajstić information content (AvgIpc) is 3.31. The van der Waals surface area contributed by atoms with E-state index in [-0.39, 0.29) is 11.3 Å². The van der Waals surface area contributed by atoms with Crippen LogP contribution in [0.2, 0.25) is 5.02 Å².